The summed E-state index contributed by atoms with van der Waals surface area (Å²) in [5.41, 5.74) is 0.693. The van der Waals surface area contributed by atoms with Gasteiger partial charge in [-0.25, -0.2) is 0 Å². The van der Waals surface area contributed by atoms with Crippen LogP contribution in [0, 0.1) is 0 Å². The molecule has 0 radical (unpaired) electrons. The fourth-order valence-corrected chi connectivity index (χ4v) is 4.34. The van der Waals surface area contributed by atoms with Crippen molar-refractivity contribution in [1.29, 1.82) is 0 Å². The first kappa shape index (κ1) is 26.3. The van der Waals surface area contributed by atoms with Gasteiger partial charge in [-0.2, -0.15) is 0 Å². The minimum atomic E-state index is -0.766. The van der Waals surface area contributed by atoms with Crippen molar-refractivity contribution in [2.24, 2.45) is 0 Å². The second-order valence-electron chi connectivity index (χ2n) is 8.75. The van der Waals surface area contributed by atoms with Gasteiger partial charge in [0.15, 0.2) is 11.5 Å². The maximum atomic E-state index is 13.6. The van der Waals surface area contributed by atoms with E-state index >= 15 is 0 Å². The largest absolute Gasteiger partial charge is 0.493 e. The summed E-state index contributed by atoms with van der Waals surface area (Å²) in [4.78, 5) is 28.0. The van der Waals surface area contributed by atoms with Crippen LogP contribution < -0.4 is 14.8 Å². The van der Waals surface area contributed by atoms with E-state index in [-0.39, 0.29) is 29.8 Å². The van der Waals surface area contributed by atoms with Crippen LogP contribution in [0.5, 0.6) is 11.5 Å². The van der Waals surface area contributed by atoms with Crippen LogP contribution in [0.4, 0.5) is 0 Å². The summed E-state index contributed by atoms with van der Waals surface area (Å²) in [5.74, 6) is 0.576. The summed E-state index contributed by atoms with van der Waals surface area (Å²) in [5, 5.41) is 3.23. The maximum Gasteiger partial charge on any atom is 0.247 e. The Kier molecular flexibility index (Phi) is 11.1. The zero-order valence-electron chi connectivity index (χ0n) is 20.0. The molecule has 0 aliphatic heterocycles. The summed E-state index contributed by atoms with van der Waals surface area (Å²) in [6.07, 6.45) is 8.28. The number of nitrogens with one attached hydrogen (secondary N) is 1. The Morgan fingerprint density at radius 1 is 1.16 bits per heavy atom. The first-order valence-electron chi connectivity index (χ1n) is 11.9. The molecule has 1 aliphatic carbocycles. The summed E-state index contributed by atoms with van der Waals surface area (Å²) < 4.78 is 11.4. The van der Waals surface area contributed by atoms with Gasteiger partial charge in [-0.3, -0.25) is 9.59 Å². The molecule has 0 heterocycles. The third-order valence-electron chi connectivity index (χ3n) is 5.81. The van der Waals surface area contributed by atoms with Crippen molar-refractivity contribution in [2.75, 3.05) is 19.5 Å². The third kappa shape index (κ3) is 7.58. The first-order valence-corrected chi connectivity index (χ1v) is 12.4. The smallest absolute Gasteiger partial charge is 0.247 e. The number of rotatable bonds is 11. The van der Waals surface area contributed by atoms with Gasteiger partial charge in [0, 0.05) is 12.6 Å². The van der Waals surface area contributed by atoms with Gasteiger partial charge in [-0.15, -0.1) is 11.6 Å². The van der Waals surface area contributed by atoms with Crippen molar-refractivity contribution >= 4 is 23.4 Å². The summed E-state index contributed by atoms with van der Waals surface area (Å²) in [6, 6.07) is 4.83. The number of hydrogen-bond donors (Lipinski definition) is 1. The number of carbonyl (C=O) groups excluding carboxylic acids is 2. The Hall–Kier alpha value is -1.95. The van der Waals surface area contributed by atoms with Crippen LogP contribution in [-0.2, 0) is 9.59 Å². The molecule has 7 heteroatoms. The number of halogens is 1. The molecule has 2 rings (SSSR count). The second kappa shape index (κ2) is 13.6. The van der Waals surface area contributed by atoms with Gasteiger partial charge >= 0.3 is 0 Å². The third-order valence-corrected chi connectivity index (χ3v) is 6.04. The fraction of sp³-hybridized carbons (Fsp3) is 0.680. The van der Waals surface area contributed by atoms with Gasteiger partial charge in [-0.05, 0) is 50.8 Å². The van der Waals surface area contributed by atoms with E-state index in [4.69, 9.17) is 21.1 Å². The van der Waals surface area contributed by atoms with E-state index in [1.165, 1.54) is 12.8 Å². The zero-order chi connectivity index (χ0) is 23.5. The Bertz CT molecular complexity index is 733. The van der Waals surface area contributed by atoms with Gasteiger partial charge in [0.2, 0.25) is 11.8 Å². The van der Waals surface area contributed by atoms with E-state index in [2.05, 4.69) is 12.2 Å². The van der Waals surface area contributed by atoms with Crippen molar-refractivity contribution in [3.63, 3.8) is 0 Å². The average Bonchev–Trinajstić information content (AvgIpc) is 3.04. The SMILES string of the molecule is CCCCN(C(=O)CCl)[C@H](C(=O)NC1CCCCCC1)c1ccc(OC(C)C)c(OC)c1. The van der Waals surface area contributed by atoms with Crippen LogP contribution in [0.25, 0.3) is 0 Å². The van der Waals surface area contributed by atoms with Crippen molar-refractivity contribution in [2.45, 2.75) is 90.3 Å². The zero-order valence-corrected chi connectivity index (χ0v) is 20.7. The highest BCUT2D eigenvalue weighted by Gasteiger charge is 2.32. The number of amides is 2. The van der Waals surface area contributed by atoms with E-state index in [1.807, 2.05) is 26.0 Å². The Morgan fingerprint density at radius 3 is 2.41 bits per heavy atom. The molecule has 32 heavy (non-hydrogen) atoms. The molecule has 1 aliphatic rings. The number of alkyl halides is 1. The number of benzene rings is 1. The summed E-state index contributed by atoms with van der Waals surface area (Å²) in [6.45, 7) is 6.42. The average molecular weight is 467 g/mol. The topological polar surface area (TPSA) is 67.9 Å². The second-order valence-corrected chi connectivity index (χ2v) is 9.02. The van der Waals surface area contributed by atoms with E-state index in [1.54, 1.807) is 18.1 Å². The molecule has 0 unspecified atom stereocenters. The standard InChI is InChI=1S/C25H39ClN2O4/c1-5-6-15-28(23(29)17-26)24(25(30)27-20-11-9-7-8-10-12-20)19-13-14-21(32-18(2)3)22(16-19)31-4/h13-14,16,18,20,24H,5-12,15,17H2,1-4H3,(H,27,30)/t24-/m0/s1. The lowest BCUT2D eigenvalue weighted by molar-refractivity contribution is -0.139. The molecule has 180 valence electrons. The molecule has 0 bridgehead atoms. The van der Waals surface area contributed by atoms with E-state index in [9.17, 15) is 9.59 Å². The Labute approximate surface area is 198 Å². The number of nitrogens with zero attached hydrogens (tertiary/aromatic N) is 1. The van der Waals surface area contributed by atoms with Crippen molar-refractivity contribution in [3.05, 3.63) is 23.8 Å². The molecule has 0 aromatic heterocycles. The molecule has 6 nitrogen and oxygen atoms in total. The van der Waals surface area contributed by atoms with Crippen LogP contribution in [0.2, 0.25) is 0 Å². The molecular weight excluding hydrogens is 428 g/mol. The quantitative estimate of drug-likeness (QED) is 0.358. The number of unbranched alkanes of at least 4 members (excludes halogenated alkanes) is 1. The fourth-order valence-electron chi connectivity index (χ4n) is 4.19. The van der Waals surface area contributed by atoms with Gasteiger partial charge in [0.1, 0.15) is 11.9 Å². The molecule has 0 spiro atoms. The molecule has 1 atom stereocenters. The molecule has 1 saturated carbocycles. The molecular formula is C25H39ClN2O4. The van der Waals surface area contributed by atoms with Gasteiger partial charge in [-0.1, -0.05) is 45.1 Å². The van der Waals surface area contributed by atoms with Gasteiger partial charge < -0.3 is 19.7 Å². The van der Waals surface area contributed by atoms with Crippen LogP contribution in [-0.4, -0.2) is 48.4 Å². The minimum Gasteiger partial charge on any atom is -0.493 e. The normalized spacial score (nSPS) is 15.7. The summed E-state index contributed by atoms with van der Waals surface area (Å²) in [7, 11) is 1.58. The molecule has 2 amide bonds. The van der Waals surface area contributed by atoms with E-state index in [0.717, 1.165) is 38.5 Å². The monoisotopic (exact) mass is 466 g/mol. The van der Waals surface area contributed by atoms with Crippen LogP contribution in [0.3, 0.4) is 0 Å². The number of ether oxygens (including phenoxy) is 2. The Balaban J connectivity index is 2.41. The maximum absolute atomic E-state index is 13.6. The first-order chi connectivity index (χ1) is 15.4. The number of carbonyl (C=O) groups is 2. The molecule has 0 saturated heterocycles. The Morgan fingerprint density at radius 2 is 1.84 bits per heavy atom. The predicted molar refractivity (Wildman–Crippen MR) is 128 cm³/mol. The van der Waals surface area contributed by atoms with Gasteiger partial charge in [0.25, 0.3) is 0 Å². The highest BCUT2D eigenvalue weighted by molar-refractivity contribution is 6.27. The lowest BCUT2D eigenvalue weighted by Gasteiger charge is -2.32. The lowest BCUT2D eigenvalue weighted by Crippen LogP contribution is -2.47. The lowest BCUT2D eigenvalue weighted by atomic mass is 10.0. The molecule has 1 N–H and O–H groups in total. The minimum absolute atomic E-state index is 0.0111. The van der Waals surface area contributed by atoms with E-state index in [0.29, 0.717) is 23.6 Å². The number of hydrogen-bond acceptors (Lipinski definition) is 4. The van der Waals surface area contributed by atoms with Crippen molar-refractivity contribution < 1.29 is 19.1 Å². The summed E-state index contributed by atoms with van der Waals surface area (Å²) >= 11 is 5.95. The predicted octanol–water partition coefficient (Wildman–Crippen LogP) is 5.23. The highest BCUT2D eigenvalue weighted by Crippen LogP contribution is 2.34. The van der Waals surface area contributed by atoms with Crippen LogP contribution >= 0.6 is 11.6 Å². The highest BCUT2D eigenvalue weighted by atomic mass is 35.5. The van der Waals surface area contributed by atoms with E-state index < -0.39 is 6.04 Å². The van der Waals surface area contributed by atoms with Crippen molar-refractivity contribution in [1.82, 2.24) is 10.2 Å². The van der Waals surface area contributed by atoms with Crippen molar-refractivity contribution in [3.8, 4) is 11.5 Å². The van der Waals surface area contributed by atoms with Crippen LogP contribution in [0.15, 0.2) is 18.2 Å². The van der Waals surface area contributed by atoms with Gasteiger partial charge in [0.05, 0.1) is 13.2 Å². The molecule has 1 fully saturated rings. The van der Waals surface area contributed by atoms with Crippen LogP contribution in [0.1, 0.15) is 83.7 Å². The molecule has 1 aromatic rings. The molecule has 1 aromatic carbocycles. The number of methoxy groups -OCH3 is 1.